The molecule has 1 aromatic rings. The highest BCUT2D eigenvalue weighted by atomic mass is 19.1. The molecule has 0 saturated heterocycles. The van der Waals surface area contributed by atoms with Gasteiger partial charge in [-0.15, -0.1) is 0 Å². The summed E-state index contributed by atoms with van der Waals surface area (Å²) >= 11 is 0. The minimum absolute atomic E-state index is 0.121. The number of halogens is 1. The van der Waals surface area contributed by atoms with Crippen molar-refractivity contribution in [1.29, 1.82) is 0 Å². The van der Waals surface area contributed by atoms with E-state index in [2.05, 4.69) is 12.2 Å². The highest BCUT2D eigenvalue weighted by Crippen LogP contribution is 2.15. The third-order valence-electron chi connectivity index (χ3n) is 3.05. The van der Waals surface area contributed by atoms with Crippen molar-refractivity contribution in [2.75, 3.05) is 20.6 Å². The number of phenols is 1. The Balaban J connectivity index is 2.66. The standard InChI is InChI=1S/C14H21FN2O2/c1-4-5-10(17(2)3)9-16-14(19)12-8-11(18)6-7-13(12)15/h6-8,10,18H,4-5,9H2,1-3H3,(H,16,19)/t10-/m1/s1. The van der Waals surface area contributed by atoms with E-state index in [1.54, 1.807) is 0 Å². The highest BCUT2D eigenvalue weighted by molar-refractivity contribution is 5.94. The number of nitrogens with one attached hydrogen (secondary N) is 1. The minimum Gasteiger partial charge on any atom is -0.508 e. The highest BCUT2D eigenvalue weighted by Gasteiger charge is 2.15. The Labute approximate surface area is 113 Å². The lowest BCUT2D eigenvalue weighted by atomic mass is 10.1. The molecule has 19 heavy (non-hydrogen) atoms. The van der Waals surface area contributed by atoms with Crippen LogP contribution in [0.2, 0.25) is 0 Å². The van der Waals surface area contributed by atoms with Crippen molar-refractivity contribution in [1.82, 2.24) is 10.2 Å². The van der Waals surface area contributed by atoms with Crippen LogP contribution in [0.25, 0.3) is 0 Å². The maximum atomic E-state index is 13.5. The predicted molar refractivity (Wildman–Crippen MR) is 72.8 cm³/mol. The van der Waals surface area contributed by atoms with Crippen LogP contribution in [0.1, 0.15) is 30.1 Å². The number of amides is 1. The van der Waals surface area contributed by atoms with Gasteiger partial charge in [-0.2, -0.15) is 0 Å². The summed E-state index contributed by atoms with van der Waals surface area (Å²) in [6.07, 6.45) is 1.97. The fraction of sp³-hybridized carbons (Fsp3) is 0.500. The van der Waals surface area contributed by atoms with Crippen LogP contribution in [0, 0.1) is 5.82 Å². The Morgan fingerprint density at radius 1 is 1.47 bits per heavy atom. The first-order valence-corrected chi connectivity index (χ1v) is 6.38. The van der Waals surface area contributed by atoms with E-state index in [1.807, 2.05) is 19.0 Å². The van der Waals surface area contributed by atoms with Crippen LogP contribution in [0.4, 0.5) is 4.39 Å². The van der Waals surface area contributed by atoms with Gasteiger partial charge in [-0.25, -0.2) is 4.39 Å². The first-order chi connectivity index (χ1) is 8.95. The zero-order valence-corrected chi connectivity index (χ0v) is 11.6. The predicted octanol–water partition coefficient (Wildman–Crippen LogP) is 1.99. The second-order valence-electron chi connectivity index (χ2n) is 4.78. The van der Waals surface area contributed by atoms with Gasteiger partial charge in [-0.3, -0.25) is 4.79 Å². The maximum absolute atomic E-state index is 13.5. The molecule has 1 atom stereocenters. The van der Waals surface area contributed by atoms with Crippen LogP contribution >= 0.6 is 0 Å². The van der Waals surface area contributed by atoms with Crippen molar-refractivity contribution in [2.45, 2.75) is 25.8 Å². The number of phenolic OH excluding ortho intramolecular Hbond substituents is 1. The van der Waals surface area contributed by atoms with Gasteiger partial charge in [0.05, 0.1) is 5.56 Å². The summed E-state index contributed by atoms with van der Waals surface area (Å²) in [5.41, 5.74) is -0.131. The number of hydrogen-bond acceptors (Lipinski definition) is 3. The van der Waals surface area contributed by atoms with Crippen molar-refractivity contribution in [3.8, 4) is 5.75 Å². The summed E-state index contributed by atoms with van der Waals surface area (Å²) in [5, 5.41) is 12.0. The summed E-state index contributed by atoms with van der Waals surface area (Å²) < 4.78 is 13.5. The fourth-order valence-electron chi connectivity index (χ4n) is 1.87. The number of benzene rings is 1. The van der Waals surface area contributed by atoms with E-state index in [4.69, 9.17) is 0 Å². The molecule has 0 aliphatic rings. The van der Waals surface area contributed by atoms with Crippen LogP contribution in [-0.4, -0.2) is 42.6 Å². The van der Waals surface area contributed by atoms with Gasteiger partial charge in [0.15, 0.2) is 0 Å². The summed E-state index contributed by atoms with van der Waals surface area (Å²) in [4.78, 5) is 13.9. The molecule has 0 aromatic heterocycles. The molecule has 0 fully saturated rings. The lowest BCUT2D eigenvalue weighted by Gasteiger charge is -2.24. The third-order valence-corrected chi connectivity index (χ3v) is 3.05. The molecule has 0 spiro atoms. The summed E-state index contributed by atoms with van der Waals surface area (Å²) in [6, 6.07) is 3.65. The van der Waals surface area contributed by atoms with Crippen LogP contribution in [0.5, 0.6) is 5.75 Å². The normalized spacial score (nSPS) is 12.5. The Morgan fingerprint density at radius 3 is 2.74 bits per heavy atom. The van der Waals surface area contributed by atoms with Gasteiger partial charge in [0.1, 0.15) is 11.6 Å². The first kappa shape index (κ1) is 15.4. The van der Waals surface area contributed by atoms with Gasteiger partial charge < -0.3 is 15.3 Å². The topological polar surface area (TPSA) is 52.6 Å². The number of carbonyl (C=O) groups excluding carboxylic acids is 1. The van der Waals surface area contributed by atoms with Gasteiger partial charge in [0.2, 0.25) is 0 Å². The molecule has 5 heteroatoms. The zero-order chi connectivity index (χ0) is 14.4. The zero-order valence-electron chi connectivity index (χ0n) is 11.6. The first-order valence-electron chi connectivity index (χ1n) is 6.38. The van der Waals surface area contributed by atoms with E-state index in [0.29, 0.717) is 6.54 Å². The van der Waals surface area contributed by atoms with Crippen molar-refractivity contribution in [3.05, 3.63) is 29.6 Å². The molecule has 0 aliphatic heterocycles. The van der Waals surface area contributed by atoms with Gasteiger partial charge in [0.25, 0.3) is 5.91 Å². The molecule has 1 aromatic carbocycles. The molecule has 1 rings (SSSR count). The van der Waals surface area contributed by atoms with Gasteiger partial charge in [-0.05, 0) is 38.7 Å². The molecule has 0 aliphatic carbocycles. The summed E-state index contributed by atoms with van der Waals surface area (Å²) in [6.45, 7) is 2.53. The van der Waals surface area contributed by atoms with Gasteiger partial charge in [-0.1, -0.05) is 13.3 Å². The van der Waals surface area contributed by atoms with E-state index in [9.17, 15) is 14.3 Å². The second kappa shape index (κ2) is 7.09. The van der Waals surface area contributed by atoms with E-state index < -0.39 is 11.7 Å². The van der Waals surface area contributed by atoms with Crippen LogP contribution in [0.15, 0.2) is 18.2 Å². The molecular weight excluding hydrogens is 247 g/mol. The van der Waals surface area contributed by atoms with Crippen molar-refractivity contribution >= 4 is 5.91 Å². The molecule has 2 N–H and O–H groups in total. The number of likely N-dealkylation sites (N-methyl/N-ethyl adjacent to an activating group) is 1. The lowest BCUT2D eigenvalue weighted by molar-refractivity contribution is 0.0936. The summed E-state index contributed by atoms with van der Waals surface area (Å²) in [7, 11) is 3.89. The average Bonchev–Trinajstić information content (AvgIpc) is 2.36. The molecule has 4 nitrogen and oxygen atoms in total. The van der Waals surface area contributed by atoms with Crippen molar-refractivity contribution < 1.29 is 14.3 Å². The largest absolute Gasteiger partial charge is 0.508 e. The molecule has 106 valence electrons. The Kier molecular flexibility index (Phi) is 5.76. The smallest absolute Gasteiger partial charge is 0.254 e. The second-order valence-corrected chi connectivity index (χ2v) is 4.78. The molecule has 0 unspecified atom stereocenters. The molecule has 1 amide bonds. The van der Waals surface area contributed by atoms with Gasteiger partial charge in [0, 0.05) is 12.6 Å². The third kappa shape index (κ3) is 4.52. The van der Waals surface area contributed by atoms with E-state index in [0.717, 1.165) is 25.0 Å². The van der Waals surface area contributed by atoms with Crippen molar-refractivity contribution in [2.24, 2.45) is 0 Å². The van der Waals surface area contributed by atoms with E-state index in [-0.39, 0.29) is 17.4 Å². The van der Waals surface area contributed by atoms with Gasteiger partial charge >= 0.3 is 0 Å². The number of carbonyl (C=O) groups is 1. The molecule has 0 saturated carbocycles. The average molecular weight is 268 g/mol. The van der Waals surface area contributed by atoms with Crippen LogP contribution in [-0.2, 0) is 0 Å². The molecule has 0 heterocycles. The SMILES string of the molecule is CCC[C@H](CNC(=O)c1cc(O)ccc1F)N(C)C. The molecular formula is C14H21FN2O2. The maximum Gasteiger partial charge on any atom is 0.254 e. The minimum atomic E-state index is -0.632. The van der Waals surface area contributed by atoms with E-state index in [1.165, 1.54) is 6.07 Å². The molecule has 0 radical (unpaired) electrons. The Hall–Kier alpha value is -1.62. The Bertz CT molecular complexity index is 435. The van der Waals surface area contributed by atoms with Crippen molar-refractivity contribution in [3.63, 3.8) is 0 Å². The lowest BCUT2D eigenvalue weighted by Crippen LogP contribution is -2.40. The number of nitrogens with zero attached hydrogens (tertiary/aromatic N) is 1. The van der Waals surface area contributed by atoms with Crippen LogP contribution < -0.4 is 5.32 Å². The van der Waals surface area contributed by atoms with Crippen LogP contribution in [0.3, 0.4) is 0 Å². The van der Waals surface area contributed by atoms with E-state index >= 15 is 0 Å². The number of rotatable bonds is 6. The monoisotopic (exact) mass is 268 g/mol. The molecule has 0 bridgehead atoms. The fourth-order valence-corrected chi connectivity index (χ4v) is 1.87. The Morgan fingerprint density at radius 2 is 2.16 bits per heavy atom. The quantitative estimate of drug-likeness (QED) is 0.829. The summed E-state index contributed by atoms with van der Waals surface area (Å²) in [5.74, 6) is -1.26. The number of aromatic hydroxyl groups is 1. The number of hydrogen-bond donors (Lipinski definition) is 2.